The van der Waals surface area contributed by atoms with Crippen LogP contribution in [0.25, 0.3) is 0 Å². The number of carbonyl (C=O) groups is 1. The van der Waals surface area contributed by atoms with Gasteiger partial charge in [-0.15, -0.1) is 0 Å². The average Bonchev–Trinajstić information content (AvgIpc) is 1.65. The first-order valence-electron chi connectivity index (χ1n) is 2.17. The van der Waals surface area contributed by atoms with Gasteiger partial charge >= 0.3 is 0 Å². The van der Waals surface area contributed by atoms with Gasteiger partial charge in [-0.25, -0.2) is 0 Å². The molecule has 0 unspecified atom stereocenters. The first kappa shape index (κ1) is 11.0. The van der Waals surface area contributed by atoms with Crippen LogP contribution in [0.3, 0.4) is 0 Å². The fraction of sp³-hybridized carbons (Fsp3) is 0.500. The normalized spacial score (nSPS) is 6.44. The van der Waals surface area contributed by atoms with E-state index in [1.807, 2.05) is 0 Å². The minimum Gasteiger partial charge on any atom is -0.377 e. The van der Waals surface area contributed by atoms with Gasteiger partial charge in [0.25, 0.3) is 0 Å². The summed E-state index contributed by atoms with van der Waals surface area (Å²) in [5.41, 5.74) is 9.24. The maximum atomic E-state index is 9.43. The van der Waals surface area contributed by atoms with Crippen LogP contribution in [0.1, 0.15) is 0 Å². The third-order valence-electron chi connectivity index (χ3n) is 0.211. The standard InChI is InChI=1S/C3H7NO.CH4N2S/c1-4(2)3-5;2-1(3)4/h3H,1-2H3;(H4,2,3,4). The Labute approximate surface area is 59.8 Å². The molecule has 0 radical (unpaired) electrons. The highest BCUT2D eigenvalue weighted by atomic mass is 32.1. The quantitative estimate of drug-likeness (QED) is 0.366. The molecule has 0 heterocycles. The van der Waals surface area contributed by atoms with Crippen LogP contribution in [0.15, 0.2) is 0 Å². The molecule has 0 spiro atoms. The minimum absolute atomic E-state index is 0.000000000000000222. The molecule has 9 heavy (non-hydrogen) atoms. The fourth-order valence-electron chi connectivity index (χ4n) is 0. The second-order valence-electron chi connectivity index (χ2n) is 1.47. The molecule has 5 heteroatoms. The molecule has 1 amide bonds. The van der Waals surface area contributed by atoms with Crippen molar-refractivity contribution in [1.82, 2.24) is 4.90 Å². The molecule has 4 N–H and O–H groups in total. The lowest BCUT2D eigenvalue weighted by Crippen LogP contribution is -2.18. The summed E-state index contributed by atoms with van der Waals surface area (Å²) >= 11 is 4.09. The molecule has 0 aromatic heterocycles. The number of hydrogen-bond donors (Lipinski definition) is 2. The molecular formula is C4H11N3OS. The highest BCUT2D eigenvalue weighted by Crippen LogP contribution is 1.52. The maximum absolute atomic E-state index is 9.43. The minimum atomic E-state index is 0.000000000000000222. The Morgan fingerprint density at radius 3 is 1.67 bits per heavy atom. The Kier molecular flexibility index (Phi) is 8.77. The van der Waals surface area contributed by atoms with Crippen molar-refractivity contribution in [3.63, 3.8) is 0 Å². The monoisotopic (exact) mass is 149 g/mol. The van der Waals surface area contributed by atoms with Gasteiger partial charge in [-0.2, -0.15) is 0 Å². The molecule has 0 fully saturated rings. The summed E-state index contributed by atoms with van der Waals surface area (Å²) in [4.78, 5) is 10.9. The zero-order chi connectivity index (χ0) is 7.86. The Balaban J connectivity index is 0. The van der Waals surface area contributed by atoms with Crippen LogP contribution in [0.2, 0.25) is 0 Å². The third kappa shape index (κ3) is 142. The molecule has 0 bridgehead atoms. The van der Waals surface area contributed by atoms with Gasteiger partial charge in [0.1, 0.15) is 0 Å². The number of hydrogen-bond acceptors (Lipinski definition) is 2. The van der Waals surface area contributed by atoms with E-state index in [4.69, 9.17) is 0 Å². The van der Waals surface area contributed by atoms with E-state index in [0.717, 1.165) is 6.41 Å². The summed E-state index contributed by atoms with van der Waals surface area (Å²) in [5, 5.41) is 0.000000000000000222. The molecule has 0 atom stereocenters. The lowest BCUT2D eigenvalue weighted by Gasteiger charge is -1.93. The van der Waals surface area contributed by atoms with Crippen molar-refractivity contribution in [3.05, 3.63) is 0 Å². The number of amides is 1. The smallest absolute Gasteiger partial charge is 0.209 e. The predicted octanol–water partition coefficient (Wildman–Crippen LogP) is -1.11. The second kappa shape index (κ2) is 7.16. The fourth-order valence-corrected chi connectivity index (χ4v) is 0. The number of rotatable bonds is 1. The molecule has 0 rings (SSSR count). The maximum Gasteiger partial charge on any atom is 0.209 e. The van der Waals surface area contributed by atoms with Crippen LogP contribution in [0.5, 0.6) is 0 Å². The van der Waals surface area contributed by atoms with Crippen molar-refractivity contribution in [1.29, 1.82) is 0 Å². The molecule has 54 valence electrons. The van der Waals surface area contributed by atoms with Crippen LogP contribution in [-0.4, -0.2) is 30.5 Å². The first-order valence-corrected chi connectivity index (χ1v) is 2.58. The average molecular weight is 149 g/mol. The lowest BCUT2D eigenvalue weighted by atomic mass is 11.0. The Morgan fingerprint density at radius 2 is 1.67 bits per heavy atom. The van der Waals surface area contributed by atoms with Crippen molar-refractivity contribution in [2.75, 3.05) is 14.1 Å². The van der Waals surface area contributed by atoms with Crippen LogP contribution >= 0.6 is 12.2 Å². The molecular weight excluding hydrogens is 138 g/mol. The number of carbonyl (C=O) groups excluding carboxylic acids is 1. The summed E-state index contributed by atoms with van der Waals surface area (Å²) < 4.78 is 0. The molecule has 0 aliphatic rings. The van der Waals surface area contributed by atoms with Crippen molar-refractivity contribution in [2.45, 2.75) is 0 Å². The predicted molar refractivity (Wildman–Crippen MR) is 40.7 cm³/mol. The first-order chi connectivity index (χ1) is 4.00. The van der Waals surface area contributed by atoms with E-state index < -0.39 is 0 Å². The molecule has 0 aliphatic heterocycles. The van der Waals surface area contributed by atoms with E-state index in [2.05, 4.69) is 23.7 Å². The van der Waals surface area contributed by atoms with Gasteiger partial charge in [-0.05, 0) is 12.2 Å². The van der Waals surface area contributed by atoms with Gasteiger partial charge in [0.2, 0.25) is 6.41 Å². The van der Waals surface area contributed by atoms with Crippen molar-refractivity contribution in [3.8, 4) is 0 Å². The topological polar surface area (TPSA) is 72.3 Å². The number of nitrogens with zero attached hydrogens (tertiary/aromatic N) is 1. The van der Waals surface area contributed by atoms with Gasteiger partial charge < -0.3 is 16.4 Å². The van der Waals surface area contributed by atoms with Crippen molar-refractivity contribution >= 4 is 23.7 Å². The van der Waals surface area contributed by atoms with E-state index in [0.29, 0.717) is 0 Å². The summed E-state index contributed by atoms with van der Waals surface area (Å²) in [7, 11) is 3.38. The van der Waals surface area contributed by atoms with E-state index in [9.17, 15) is 4.79 Å². The molecule has 0 saturated carbocycles. The zero-order valence-electron chi connectivity index (χ0n) is 5.50. The van der Waals surface area contributed by atoms with Gasteiger partial charge in [0, 0.05) is 14.1 Å². The lowest BCUT2D eigenvalue weighted by molar-refractivity contribution is -0.115. The summed E-state index contributed by atoms with van der Waals surface area (Å²) in [6, 6.07) is 0. The van der Waals surface area contributed by atoms with Gasteiger partial charge in [0.05, 0.1) is 0 Å². The number of nitrogens with two attached hydrogens (primary N) is 2. The molecule has 0 aliphatic carbocycles. The summed E-state index contributed by atoms with van der Waals surface area (Å²) in [6.07, 6.45) is 0.750. The highest BCUT2D eigenvalue weighted by molar-refractivity contribution is 7.80. The number of thiocarbonyl (C=S) groups is 1. The Morgan fingerprint density at radius 1 is 1.56 bits per heavy atom. The van der Waals surface area contributed by atoms with Crippen LogP contribution in [-0.2, 0) is 4.79 Å². The van der Waals surface area contributed by atoms with Gasteiger partial charge in [-0.1, -0.05) is 0 Å². The largest absolute Gasteiger partial charge is 0.377 e. The third-order valence-corrected chi connectivity index (χ3v) is 0.211. The zero-order valence-corrected chi connectivity index (χ0v) is 6.31. The van der Waals surface area contributed by atoms with E-state index >= 15 is 0 Å². The van der Waals surface area contributed by atoms with E-state index in [-0.39, 0.29) is 5.11 Å². The Bertz CT molecular complexity index is 89.8. The Hall–Kier alpha value is -0.840. The molecule has 0 aromatic carbocycles. The van der Waals surface area contributed by atoms with Crippen LogP contribution < -0.4 is 11.5 Å². The summed E-state index contributed by atoms with van der Waals surface area (Å²) in [6.45, 7) is 0. The SMILES string of the molecule is CN(C)C=O.NC(N)=S. The van der Waals surface area contributed by atoms with Gasteiger partial charge in [-0.3, -0.25) is 4.79 Å². The molecule has 0 saturated heterocycles. The van der Waals surface area contributed by atoms with Crippen LogP contribution in [0, 0.1) is 0 Å². The highest BCUT2D eigenvalue weighted by Gasteiger charge is 1.68. The second-order valence-corrected chi connectivity index (χ2v) is 1.94. The molecule has 0 aromatic rings. The van der Waals surface area contributed by atoms with Crippen molar-refractivity contribution < 1.29 is 4.79 Å². The van der Waals surface area contributed by atoms with E-state index in [1.54, 1.807) is 14.1 Å². The van der Waals surface area contributed by atoms with Gasteiger partial charge in [0.15, 0.2) is 5.11 Å². The van der Waals surface area contributed by atoms with Crippen molar-refractivity contribution in [2.24, 2.45) is 11.5 Å². The van der Waals surface area contributed by atoms with E-state index in [1.165, 1.54) is 4.90 Å². The van der Waals surface area contributed by atoms with Crippen LogP contribution in [0.4, 0.5) is 0 Å². The summed E-state index contributed by atoms with van der Waals surface area (Å²) in [5.74, 6) is 0. The molecule has 4 nitrogen and oxygen atoms in total.